The van der Waals surface area contributed by atoms with Gasteiger partial charge in [0.1, 0.15) is 5.78 Å². The average molecular weight is 221 g/mol. The summed E-state index contributed by atoms with van der Waals surface area (Å²) in [5, 5.41) is 18.0. The summed E-state index contributed by atoms with van der Waals surface area (Å²) in [6.45, 7) is 3.29. The maximum atomic E-state index is 10.7. The molecular weight excluding hydrogens is 207 g/mol. The van der Waals surface area contributed by atoms with Crippen molar-refractivity contribution in [3.05, 3.63) is 6.92 Å². The molecule has 2 N–H and O–H groups in total. The molecule has 14 heavy (non-hydrogen) atoms. The number of hydrogen-bond acceptors (Lipinski definition) is 5. The molecule has 1 radical (unpaired) electrons. The fraction of sp³-hybridized carbons (Fsp3) is 0.750. The van der Waals surface area contributed by atoms with Gasteiger partial charge < -0.3 is 19.3 Å². The van der Waals surface area contributed by atoms with Crippen LogP contribution >= 0.6 is 8.38 Å². The van der Waals surface area contributed by atoms with E-state index in [-0.39, 0.29) is 38.4 Å². The summed E-state index contributed by atoms with van der Waals surface area (Å²) < 4.78 is 10.5. The van der Waals surface area contributed by atoms with Crippen LogP contribution in [0.2, 0.25) is 0 Å². The second kappa shape index (κ2) is 5.14. The number of carbonyl (C=O) groups excluding carboxylic acids is 1. The third kappa shape index (κ3) is 2.97. The van der Waals surface area contributed by atoms with E-state index in [1.165, 1.54) is 0 Å². The Morgan fingerprint density at radius 1 is 1.36 bits per heavy atom. The zero-order chi connectivity index (χ0) is 10.6. The van der Waals surface area contributed by atoms with Crippen molar-refractivity contribution in [2.24, 2.45) is 5.41 Å². The molecule has 0 aromatic rings. The first-order valence-electron chi connectivity index (χ1n) is 4.22. The van der Waals surface area contributed by atoms with Gasteiger partial charge in [-0.3, -0.25) is 4.79 Å². The molecule has 1 saturated heterocycles. The van der Waals surface area contributed by atoms with Crippen molar-refractivity contribution in [1.29, 1.82) is 0 Å². The highest BCUT2D eigenvalue weighted by Crippen LogP contribution is 2.45. The molecular formula is C8H14O5P. The molecule has 0 unspecified atom stereocenters. The van der Waals surface area contributed by atoms with E-state index < -0.39 is 13.8 Å². The third-order valence-electron chi connectivity index (χ3n) is 2.01. The van der Waals surface area contributed by atoms with Crippen molar-refractivity contribution in [3.8, 4) is 0 Å². The molecule has 0 spiro atoms. The van der Waals surface area contributed by atoms with Crippen LogP contribution in [-0.2, 0) is 13.8 Å². The molecule has 0 amide bonds. The monoisotopic (exact) mass is 221 g/mol. The van der Waals surface area contributed by atoms with Crippen molar-refractivity contribution in [2.45, 2.75) is 0 Å². The largest absolute Gasteiger partial charge is 0.396 e. The molecule has 1 fully saturated rings. The van der Waals surface area contributed by atoms with Crippen molar-refractivity contribution < 1.29 is 24.1 Å². The first-order valence-corrected chi connectivity index (χ1v) is 5.58. The van der Waals surface area contributed by atoms with Gasteiger partial charge in [0.2, 0.25) is 0 Å². The molecule has 0 bridgehead atoms. The van der Waals surface area contributed by atoms with Crippen molar-refractivity contribution >= 4 is 14.2 Å². The summed E-state index contributed by atoms with van der Waals surface area (Å²) in [5.41, 5.74) is -0.719. The third-order valence-corrected chi connectivity index (χ3v) is 3.45. The Balaban J connectivity index is 2.40. The van der Waals surface area contributed by atoms with Gasteiger partial charge in [-0.1, -0.05) is 0 Å². The number of Topliss-reactive ketones (excluding diaryl/α,β-unsaturated/α-hetero) is 1. The van der Waals surface area contributed by atoms with Gasteiger partial charge in [0.15, 0.2) is 8.38 Å². The summed E-state index contributed by atoms with van der Waals surface area (Å²) in [6, 6.07) is 0. The zero-order valence-corrected chi connectivity index (χ0v) is 8.70. The summed E-state index contributed by atoms with van der Waals surface area (Å²) in [5.74, 6) is -0.225. The zero-order valence-electron chi connectivity index (χ0n) is 7.81. The van der Waals surface area contributed by atoms with Crippen LogP contribution in [0.25, 0.3) is 0 Å². The number of carbonyl (C=O) groups is 1. The number of aliphatic hydroxyl groups is 2. The van der Waals surface area contributed by atoms with Gasteiger partial charge in [-0.25, -0.2) is 0 Å². The second-order valence-electron chi connectivity index (χ2n) is 3.39. The van der Waals surface area contributed by atoms with Crippen LogP contribution in [0.3, 0.4) is 0 Å². The minimum atomic E-state index is -1.22. The Labute approximate surface area is 83.9 Å². The number of aliphatic hydroxyl groups excluding tert-OH is 2. The van der Waals surface area contributed by atoms with E-state index in [1.54, 1.807) is 0 Å². The number of rotatable bonds is 4. The van der Waals surface area contributed by atoms with Gasteiger partial charge in [0.25, 0.3) is 0 Å². The van der Waals surface area contributed by atoms with E-state index in [0.717, 1.165) is 0 Å². The summed E-state index contributed by atoms with van der Waals surface area (Å²) >= 11 is 0. The van der Waals surface area contributed by atoms with Crippen LogP contribution < -0.4 is 0 Å². The topological polar surface area (TPSA) is 76.0 Å². The maximum Gasteiger partial charge on any atom is 0.178 e. The summed E-state index contributed by atoms with van der Waals surface area (Å²) in [7, 11) is -1.22. The molecule has 0 aliphatic carbocycles. The van der Waals surface area contributed by atoms with Crippen LogP contribution in [0, 0.1) is 12.3 Å². The van der Waals surface area contributed by atoms with Crippen LogP contribution in [0.4, 0.5) is 0 Å². The lowest BCUT2D eigenvalue weighted by atomic mass is 9.93. The van der Waals surface area contributed by atoms with E-state index in [0.29, 0.717) is 0 Å². The molecule has 1 heterocycles. The van der Waals surface area contributed by atoms with Crippen molar-refractivity contribution in [1.82, 2.24) is 0 Å². The normalized spacial score (nSPS) is 22.2. The molecule has 81 valence electrons. The Bertz CT molecular complexity index is 194. The van der Waals surface area contributed by atoms with E-state index >= 15 is 0 Å². The molecule has 0 saturated carbocycles. The molecule has 6 heteroatoms. The highest BCUT2D eigenvalue weighted by molar-refractivity contribution is 7.48. The molecule has 0 aromatic heterocycles. The van der Waals surface area contributed by atoms with Gasteiger partial charge in [0, 0.05) is 6.92 Å². The molecule has 1 rings (SSSR count). The van der Waals surface area contributed by atoms with Crippen LogP contribution in [0.15, 0.2) is 0 Å². The SMILES string of the molecule is [CH2]C(=O)CP1OCC(CO)(CO)CO1. The Kier molecular flexibility index (Phi) is 4.41. The molecule has 1 aliphatic heterocycles. The highest BCUT2D eigenvalue weighted by Gasteiger charge is 2.36. The Morgan fingerprint density at radius 3 is 2.21 bits per heavy atom. The highest BCUT2D eigenvalue weighted by atomic mass is 31.2. The lowest BCUT2D eigenvalue weighted by Gasteiger charge is -2.36. The number of ketones is 1. The summed E-state index contributed by atoms with van der Waals surface area (Å²) in [6.07, 6.45) is 0.169. The predicted octanol–water partition coefficient (Wildman–Crippen LogP) is -0.281. The Hall–Kier alpha value is -0.0600. The van der Waals surface area contributed by atoms with Crippen LogP contribution in [0.5, 0.6) is 0 Å². The average Bonchev–Trinajstić information content (AvgIpc) is 2.19. The molecule has 1 aliphatic rings. The van der Waals surface area contributed by atoms with Crippen molar-refractivity contribution in [3.63, 3.8) is 0 Å². The van der Waals surface area contributed by atoms with E-state index in [4.69, 9.17) is 19.3 Å². The first kappa shape index (κ1) is 12.0. The van der Waals surface area contributed by atoms with E-state index in [9.17, 15) is 4.79 Å². The minimum absolute atomic E-state index is 0.169. The smallest absolute Gasteiger partial charge is 0.178 e. The fourth-order valence-corrected chi connectivity index (χ4v) is 2.35. The van der Waals surface area contributed by atoms with Crippen LogP contribution in [-0.4, -0.2) is 48.6 Å². The predicted molar refractivity (Wildman–Crippen MR) is 50.7 cm³/mol. The maximum absolute atomic E-state index is 10.7. The number of hydrogen-bond donors (Lipinski definition) is 2. The molecule has 0 aromatic carbocycles. The van der Waals surface area contributed by atoms with Crippen LogP contribution in [0.1, 0.15) is 0 Å². The summed E-state index contributed by atoms with van der Waals surface area (Å²) in [4.78, 5) is 10.7. The van der Waals surface area contributed by atoms with Gasteiger partial charge in [-0.05, 0) is 0 Å². The van der Waals surface area contributed by atoms with Gasteiger partial charge in [0.05, 0.1) is 38.0 Å². The van der Waals surface area contributed by atoms with Gasteiger partial charge >= 0.3 is 0 Å². The lowest BCUT2D eigenvalue weighted by Crippen LogP contribution is -2.41. The van der Waals surface area contributed by atoms with Gasteiger partial charge in [-0.15, -0.1) is 0 Å². The first-order chi connectivity index (χ1) is 6.62. The van der Waals surface area contributed by atoms with E-state index in [1.807, 2.05) is 0 Å². The second-order valence-corrected chi connectivity index (χ2v) is 4.89. The van der Waals surface area contributed by atoms with Crippen molar-refractivity contribution in [2.75, 3.05) is 32.6 Å². The molecule has 0 atom stereocenters. The minimum Gasteiger partial charge on any atom is -0.396 e. The van der Waals surface area contributed by atoms with Gasteiger partial charge in [-0.2, -0.15) is 0 Å². The lowest BCUT2D eigenvalue weighted by molar-refractivity contribution is -0.113. The quantitative estimate of drug-likeness (QED) is 0.638. The fourth-order valence-electron chi connectivity index (χ4n) is 0.965. The standard InChI is InChI=1S/C8H14O5P/c1-7(11)2-14-12-5-8(3-9,4-10)6-13-14/h9-10H,1-6H2. The van der Waals surface area contributed by atoms with E-state index in [2.05, 4.69) is 6.92 Å². The molecule has 5 nitrogen and oxygen atoms in total. The Morgan fingerprint density at radius 2 is 1.86 bits per heavy atom.